The summed E-state index contributed by atoms with van der Waals surface area (Å²) >= 11 is -2.78. The van der Waals surface area contributed by atoms with E-state index in [1.165, 1.54) is 0 Å². The van der Waals surface area contributed by atoms with Crippen LogP contribution in [0, 0.1) is 0 Å². The summed E-state index contributed by atoms with van der Waals surface area (Å²) in [5.41, 5.74) is 0. The van der Waals surface area contributed by atoms with Gasteiger partial charge >= 0.3 is 14.1 Å². The van der Waals surface area contributed by atoms with Gasteiger partial charge in [-0.15, -0.1) is 0 Å². The lowest BCUT2D eigenvalue weighted by Crippen LogP contribution is -2.59. The molecule has 3 unspecified atom stereocenters. The fraction of sp³-hybridized carbons (Fsp3) is 0.800. The van der Waals surface area contributed by atoms with Gasteiger partial charge in [-0.1, -0.05) is 0 Å². The van der Waals surface area contributed by atoms with E-state index in [9.17, 15) is 14.4 Å². The molecule has 3 N–H and O–H groups in total. The van der Waals surface area contributed by atoms with Gasteiger partial charge in [0.25, 0.3) is 0 Å². The fourth-order valence-electron chi connectivity index (χ4n) is 3.81. The van der Waals surface area contributed by atoms with Crippen molar-refractivity contribution in [3.05, 3.63) is 0 Å². The zero-order chi connectivity index (χ0) is 15.5. The van der Waals surface area contributed by atoms with Gasteiger partial charge in [-0.25, -0.2) is 0 Å². The first-order valence-corrected chi connectivity index (χ1v) is 10.2. The van der Waals surface area contributed by atoms with E-state index < -0.39 is 14.1 Å². The second-order valence-corrected chi connectivity index (χ2v) is 9.16. The molecule has 120 valence electrons. The van der Waals surface area contributed by atoms with E-state index in [-0.39, 0.29) is 32.1 Å². The highest BCUT2D eigenvalue weighted by atomic mass is 27.2. The Balaban J connectivity index is 1.78. The number of rotatable bonds is 6. The smallest absolute Gasteiger partial charge is 0.318 e. The maximum atomic E-state index is 12.8. The lowest BCUT2D eigenvalue weighted by Gasteiger charge is -2.20. The highest BCUT2D eigenvalue weighted by molar-refractivity contribution is 7.28. The standard InChI is InChI=1S/3C5H8NO.Al/c3*7-4-5-2-1-3-6-5;/h3*5-6H,1-3H2;. The lowest BCUT2D eigenvalue weighted by atomic mass is 10.2. The van der Waals surface area contributed by atoms with Gasteiger partial charge in [-0.3, -0.25) is 0 Å². The average Bonchev–Trinajstić information content (AvgIpc) is 3.29. The van der Waals surface area contributed by atoms with Gasteiger partial charge in [-0.2, -0.15) is 0 Å². The number of nitrogens with one attached hydrogen (secondary N) is 3. The van der Waals surface area contributed by atoms with Crippen LogP contribution in [0.5, 0.6) is 0 Å². The van der Waals surface area contributed by atoms with Crippen molar-refractivity contribution in [3.8, 4) is 0 Å². The molecule has 0 bridgehead atoms. The van der Waals surface area contributed by atoms with Gasteiger partial charge < -0.3 is 30.3 Å². The number of carbonyl (C=O) groups is 3. The molecule has 7 heteroatoms. The second-order valence-electron chi connectivity index (χ2n) is 6.59. The Labute approximate surface area is 135 Å². The summed E-state index contributed by atoms with van der Waals surface area (Å²) in [6.07, 6.45) is 5.13. The molecule has 0 radical (unpaired) electrons. The molecule has 0 aromatic rings. The molecule has 0 aromatic carbocycles. The van der Waals surface area contributed by atoms with Crippen molar-refractivity contribution >= 4 is 28.1 Å². The Kier molecular flexibility index (Phi) is 5.43. The third-order valence-electron chi connectivity index (χ3n) is 5.06. The summed E-state index contributed by atoms with van der Waals surface area (Å²) in [6, 6.07) is -0.813. The van der Waals surface area contributed by atoms with E-state index in [0.29, 0.717) is 0 Å². The van der Waals surface area contributed by atoms with Crippen LogP contribution >= 0.6 is 0 Å². The summed E-state index contributed by atoms with van der Waals surface area (Å²) in [7, 11) is 0. The Hall–Kier alpha value is -0.578. The van der Waals surface area contributed by atoms with E-state index >= 15 is 0 Å². The zero-order valence-corrected chi connectivity index (χ0v) is 14.1. The van der Waals surface area contributed by atoms with Gasteiger partial charge in [0.15, 0.2) is 0 Å². The molecular formula is C15H24AlN3O3. The molecule has 6 nitrogen and oxygen atoms in total. The first-order chi connectivity index (χ1) is 10.7. The molecule has 0 aromatic heterocycles. The van der Waals surface area contributed by atoms with Crippen molar-refractivity contribution in [3.63, 3.8) is 0 Å². The minimum atomic E-state index is -2.78. The fourth-order valence-corrected chi connectivity index (χ4v) is 6.71. The van der Waals surface area contributed by atoms with Gasteiger partial charge in [0, 0.05) is 18.1 Å². The molecule has 3 fully saturated rings. The minimum absolute atomic E-state index is 0.0742. The Morgan fingerprint density at radius 3 is 1.18 bits per heavy atom. The predicted octanol–water partition coefficient (Wildman–Crippen LogP) is -0.938. The molecule has 0 saturated carbocycles. The monoisotopic (exact) mass is 321 g/mol. The Morgan fingerprint density at radius 1 is 0.636 bits per heavy atom. The largest absolute Gasteiger partial charge is 0.556 e. The molecule has 0 spiro atoms. The van der Waals surface area contributed by atoms with Crippen LogP contribution in [-0.4, -0.2) is 65.8 Å². The van der Waals surface area contributed by atoms with Crippen molar-refractivity contribution in [2.24, 2.45) is 0 Å². The molecule has 3 rings (SSSR count). The molecule has 3 saturated heterocycles. The van der Waals surface area contributed by atoms with E-state index in [4.69, 9.17) is 0 Å². The van der Waals surface area contributed by atoms with Crippen molar-refractivity contribution < 1.29 is 14.4 Å². The van der Waals surface area contributed by atoms with Crippen molar-refractivity contribution in [2.75, 3.05) is 19.6 Å². The van der Waals surface area contributed by atoms with E-state index in [1.54, 1.807) is 0 Å². The quantitative estimate of drug-likeness (QED) is 0.548. The molecule has 3 heterocycles. The molecule has 3 aliphatic heterocycles. The second kappa shape index (κ2) is 7.33. The minimum Gasteiger partial charge on any atom is -0.318 e. The molecular weight excluding hydrogens is 297 g/mol. The summed E-state index contributed by atoms with van der Waals surface area (Å²) in [4.78, 5) is 38.5. The highest BCUT2D eigenvalue weighted by Gasteiger charge is 2.51. The van der Waals surface area contributed by atoms with Crippen LogP contribution in [0.2, 0.25) is 0 Å². The van der Waals surface area contributed by atoms with Crippen molar-refractivity contribution in [1.29, 1.82) is 0 Å². The predicted molar refractivity (Wildman–Crippen MR) is 83.8 cm³/mol. The zero-order valence-electron chi connectivity index (χ0n) is 12.9. The van der Waals surface area contributed by atoms with Crippen LogP contribution in [0.1, 0.15) is 38.5 Å². The highest BCUT2D eigenvalue weighted by Crippen LogP contribution is 2.16. The third kappa shape index (κ3) is 3.34. The number of hydrogen-bond acceptors (Lipinski definition) is 6. The number of carbonyl (C=O) groups excluding carboxylic acids is 3. The SMILES string of the molecule is O=[C](C1CCCN1)[Al]([C](=O)C1CCCN1)[C](=O)C1CCCN1. The van der Waals surface area contributed by atoms with Gasteiger partial charge in [0.05, 0.1) is 13.9 Å². The Morgan fingerprint density at radius 2 is 0.955 bits per heavy atom. The molecule has 0 amide bonds. The summed E-state index contributed by atoms with van der Waals surface area (Å²) in [6.45, 7) is 2.43. The van der Waals surface area contributed by atoms with E-state index in [0.717, 1.165) is 58.2 Å². The number of hydrogen-bond donors (Lipinski definition) is 3. The van der Waals surface area contributed by atoms with E-state index in [1.807, 2.05) is 0 Å². The van der Waals surface area contributed by atoms with Crippen molar-refractivity contribution in [1.82, 2.24) is 16.0 Å². The maximum absolute atomic E-state index is 12.8. The van der Waals surface area contributed by atoms with Gasteiger partial charge in [-0.05, 0) is 58.2 Å². The van der Waals surface area contributed by atoms with Crippen LogP contribution in [-0.2, 0) is 14.4 Å². The van der Waals surface area contributed by atoms with Crippen molar-refractivity contribution in [2.45, 2.75) is 56.7 Å². The summed E-state index contributed by atoms with van der Waals surface area (Å²) in [5.74, 6) is 0. The lowest BCUT2D eigenvalue weighted by molar-refractivity contribution is -0.120. The first kappa shape index (κ1) is 16.3. The van der Waals surface area contributed by atoms with Gasteiger partial charge in [0.1, 0.15) is 0 Å². The van der Waals surface area contributed by atoms with Crippen LogP contribution in [0.15, 0.2) is 0 Å². The molecule has 22 heavy (non-hydrogen) atoms. The topological polar surface area (TPSA) is 87.3 Å². The van der Waals surface area contributed by atoms with Crippen LogP contribution in [0.25, 0.3) is 0 Å². The van der Waals surface area contributed by atoms with Gasteiger partial charge in [0.2, 0.25) is 0 Å². The molecule has 3 atom stereocenters. The summed E-state index contributed by atoms with van der Waals surface area (Å²) in [5, 5.41) is 9.50. The van der Waals surface area contributed by atoms with Crippen LogP contribution in [0.4, 0.5) is 0 Å². The van der Waals surface area contributed by atoms with Crippen LogP contribution in [0.3, 0.4) is 0 Å². The van der Waals surface area contributed by atoms with E-state index in [2.05, 4.69) is 16.0 Å². The molecule has 3 aliphatic rings. The average molecular weight is 321 g/mol. The third-order valence-corrected chi connectivity index (χ3v) is 7.98. The summed E-state index contributed by atoms with van der Waals surface area (Å²) < 4.78 is -0.222. The normalized spacial score (nSPS) is 31.4. The van der Waals surface area contributed by atoms with Crippen LogP contribution < -0.4 is 16.0 Å². The maximum Gasteiger partial charge on any atom is 0.556 e. The first-order valence-electron chi connectivity index (χ1n) is 8.50. The Bertz CT molecular complexity index is 386. The molecule has 0 aliphatic carbocycles.